The highest BCUT2D eigenvalue weighted by Gasteiger charge is 2.09. The van der Waals surface area contributed by atoms with Crippen LogP contribution >= 0.6 is 0 Å². The predicted molar refractivity (Wildman–Crippen MR) is 94.9 cm³/mol. The Morgan fingerprint density at radius 2 is 1.72 bits per heavy atom. The Balaban J connectivity index is 1.63. The van der Waals surface area contributed by atoms with E-state index in [9.17, 15) is 9.18 Å². The van der Waals surface area contributed by atoms with E-state index in [1.165, 1.54) is 29.8 Å². The summed E-state index contributed by atoms with van der Waals surface area (Å²) in [5.41, 5.74) is 1.52. The van der Waals surface area contributed by atoms with Crippen LogP contribution in [0.1, 0.15) is 15.9 Å². The molecule has 1 N–H and O–H groups in total. The van der Waals surface area contributed by atoms with Crippen molar-refractivity contribution in [3.05, 3.63) is 83.7 Å². The van der Waals surface area contributed by atoms with Gasteiger partial charge in [0.2, 0.25) is 0 Å². The molecule has 0 fully saturated rings. The van der Waals surface area contributed by atoms with Crippen LogP contribution in [0.25, 0.3) is 0 Å². The van der Waals surface area contributed by atoms with Crippen LogP contribution < -0.4 is 10.2 Å². The molecule has 0 aliphatic carbocycles. The first kappa shape index (κ1) is 16.6. The number of nitrogens with zero attached hydrogens (tertiary/aromatic N) is 3. The molecule has 0 atom stereocenters. The number of rotatable bonds is 5. The lowest BCUT2D eigenvalue weighted by atomic mass is 10.2. The maximum absolute atomic E-state index is 12.9. The van der Waals surface area contributed by atoms with Crippen molar-refractivity contribution in [1.82, 2.24) is 10.2 Å². The molecule has 3 aromatic rings. The van der Waals surface area contributed by atoms with Gasteiger partial charge in [0.25, 0.3) is 5.91 Å². The minimum atomic E-state index is -0.387. The first-order chi connectivity index (χ1) is 12.1. The summed E-state index contributed by atoms with van der Waals surface area (Å²) in [5, 5.41) is 10.8. The van der Waals surface area contributed by atoms with Gasteiger partial charge in [0.15, 0.2) is 11.6 Å². The Kier molecular flexibility index (Phi) is 4.99. The van der Waals surface area contributed by atoms with Crippen LogP contribution in [0.2, 0.25) is 0 Å². The Morgan fingerprint density at radius 3 is 2.36 bits per heavy atom. The van der Waals surface area contributed by atoms with Gasteiger partial charge in [-0.15, -0.1) is 10.2 Å². The summed E-state index contributed by atoms with van der Waals surface area (Å²) < 4.78 is 12.9. The third-order valence-corrected chi connectivity index (χ3v) is 3.65. The van der Waals surface area contributed by atoms with Gasteiger partial charge in [-0.1, -0.05) is 30.3 Å². The average Bonchev–Trinajstić information content (AvgIpc) is 2.63. The van der Waals surface area contributed by atoms with E-state index in [2.05, 4.69) is 15.5 Å². The normalized spacial score (nSPS) is 10.3. The number of amides is 1. The maximum Gasteiger partial charge on any atom is 0.256 e. The minimum absolute atomic E-state index is 0.339. The quantitative estimate of drug-likeness (QED) is 0.775. The van der Waals surface area contributed by atoms with Crippen molar-refractivity contribution in [3.63, 3.8) is 0 Å². The molecule has 1 amide bonds. The molecule has 0 aliphatic heterocycles. The number of carbonyl (C=O) groups is 1. The van der Waals surface area contributed by atoms with E-state index in [4.69, 9.17) is 0 Å². The van der Waals surface area contributed by atoms with Crippen LogP contribution in [-0.4, -0.2) is 23.2 Å². The molecule has 2 aromatic carbocycles. The molecule has 3 rings (SSSR count). The molecule has 0 bridgehead atoms. The molecule has 5 nitrogen and oxygen atoms in total. The maximum atomic E-state index is 12.9. The third kappa shape index (κ3) is 4.38. The number of aromatic nitrogens is 2. The molecule has 25 heavy (non-hydrogen) atoms. The second kappa shape index (κ2) is 7.53. The smallest absolute Gasteiger partial charge is 0.256 e. The molecular weight excluding hydrogens is 319 g/mol. The summed E-state index contributed by atoms with van der Waals surface area (Å²) in [6.45, 7) is 0.705. The number of halogens is 1. The lowest BCUT2D eigenvalue weighted by Gasteiger charge is -2.17. The number of hydrogen-bond acceptors (Lipinski definition) is 4. The molecule has 1 aromatic heterocycles. The van der Waals surface area contributed by atoms with Gasteiger partial charge < -0.3 is 10.2 Å². The number of benzene rings is 2. The Hall–Kier alpha value is -3.28. The highest BCUT2D eigenvalue weighted by atomic mass is 19.1. The van der Waals surface area contributed by atoms with E-state index in [-0.39, 0.29) is 11.7 Å². The van der Waals surface area contributed by atoms with E-state index in [1.807, 2.05) is 42.3 Å². The van der Waals surface area contributed by atoms with Gasteiger partial charge in [-0.2, -0.15) is 0 Å². The minimum Gasteiger partial charge on any atom is -0.354 e. The summed E-state index contributed by atoms with van der Waals surface area (Å²) in [6, 6.07) is 18.8. The van der Waals surface area contributed by atoms with Gasteiger partial charge >= 0.3 is 0 Å². The highest BCUT2D eigenvalue weighted by molar-refractivity contribution is 6.03. The zero-order valence-electron chi connectivity index (χ0n) is 13.7. The molecule has 0 saturated carbocycles. The number of hydrogen-bond donors (Lipinski definition) is 1. The topological polar surface area (TPSA) is 58.1 Å². The number of carbonyl (C=O) groups excluding carboxylic acids is 1. The fourth-order valence-corrected chi connectivity index (χ4v) is 2.32. The van der Waals surface area contributed by atoms with Crippen molar-refractivity contribution < 1.29 is 9.18 Å². The van der Waals surface area contributed by atoms with E-state index >= 15 is 0 Å². The molecule has 0 unspecified atom stereocenters. The Morgan fingerprint density at radius 1 is 1.00 bits per heavy atom. The van der Waals surface area contributed by atoms with Crippen LogP contribution in [0.3, 0.4) is 0 Å². The van der Waals surface area contributed by atoms with Crippen molar-refractivity contribution in [2.75, 3.05) is 17.3 Å². The summed E-state index contributed by atoms with van der Waals surface area (Å²) in [5.74, 6) is 0.289. The second-order valence-electron chi connectivity index (χ2n) is 5.58. The standard InChI is InChI=1S/C19H17FN4O/c1-24(13-14-5-3-2-4-6-14)18-12-11-17(22-23-18)21-19(25)15-7-9-16(20)10-8-15/h2-12H,13H2,1H3,(H,21,22,25). The van der Waals surface area contributed by atoms with Gasteiger partial charge in [0.1, 0.15) is 5.82 Å². The fraction of sp³-hybridized carbons (Fsp3) is 0.105. The first-order valence-electron chi connectivity index (χ1n) is 7.77. The van der Waals surface area contributed by atoms with Gasteiger partial charge in [-0.05, 0) is 42.0 Å². The SMILES string of the molecule is CN(Cc1ccccc1)c1ccc(NC(=O)c2ccc(F)cc2)nn1. The molecule has 0 saturated heterocycles. The molecule has 126 valence electrons. The first-order valence-corrected chi connectivity index (χ1v) is 7.77. The number of anilines is 2. The zero-order chi connectivity index (χ0) is 17.6. The largest absolute Gasteiger partial charge is 0.354 e. The monoisotopic (exact) mass is 336 g/mol. The van der Waals surface area contributed by atoms with E-state index in [0.717, 1.165) is 0 Å². The van der Waals surface area contributed by atoms with Crippen molar-refractivity contribution in [2.45, 2.75) is 6.54 Å². The van der Waals surface area contributed by atoms with Crippen LogP contribution in [-0.2, 0) is 6.54 Å². The third-order valence-electron chi connectivity index (χ3n) is 3.65. The van der Waals surface area contributed by atoms with Gasteiger partial charge in [-0.3, -0.25) is 4.79 Å². The molecule has 0 radical (unpaired) electrons. The van der Waals surface area contributed by atoms with Crippen molar-refractivity contribution in [1.29, 1.82) is 0 Å². The van der Waals surface area contributed by atoms with Crippen LogP contribution in [0, 0.1) is 5.82 Å². The highest BCUT2D eigenvalue weighted by Crippen LogP contribution is 2.14. The van der Waals surface area contributed by atoms with Crippen LogP contribution in [0.15, 0.2) is 66.7 Å². The van der Waals surface area contributed by atoms with Gasteiger partial charge in [-0.25, -0.2) is 4.39 Å². The Labute approximate surface area is 145 Å². The number of nitrogens with one attached hydrogen (secondary N) is 1. The average molecular weight is 336 g/mol. The summed E-state index contributed by atoms with van der Waals surface area (Å²) in [6.07, 6.45) is 0. The van der Waals surface area contributed by atoms with E-state index in [0.29, 0.717) is 23.7 Å². The van der Waals surface area contributed by atoms with Crippen molar-refractivity contribution in [2.24, 2.45) is 0 Å². The second-order valence-corrected chi connectivity index (χ2v) is 5.58. The molecule has 0 aliphatic rings. The summed E-state index contributed by atoms with van der Waals surface area (Å²) in [7, 11) is 1.92. The lowest BCUT2D eigenvalue weighted by molar-refractivity contribution is 0.102. The molecular formula is C19H17FN4O. The molecule has 6 heteroatoms. The van der Waals surface area contributed by atoms with Crippen molar-refractivity contribution in [3.8, 4) is 0 Å². The molecule has 0 spiro atoms. The lowest BCUT2D eigenvalue weighted by Crippen LogP contribution is -2.19. The summed E-state index contributed by atoms with van der Waals surface area (Å²) >= 11 is 0. The Bertz CT molecular complexity index is 836. The van der Waals surface area contributed by atoms with Crippen molar-refractivity contribution >= 4 is 17.5 Å². The van der Waals surface area contributed by atoms with Gasteiger partial charge in [0, 0.05) is 19.2 Å². The van der Waals surface area contributed by atoms with Gasteiger partial charge in [0.05, 0.1) is 0 Å². The summed E-state index contributed by atoms with van der Waals surface area (Å²) in [4.78, 5) is 14.0. The zero-order valence-corrected chi connectivity index (χ0v) is 13.7. The molecule has 1 heterocycles. The van der Waals surface area contributed by atoms with E-state index < -0.39 is 0 Å². The van der Waals surface area contributed by atoms with Crippen LogP contribution in [0.4, 0.5) is 16.0 Å². The predicted octanol–water partition coefficient (Wildman–Crippen LogP) is 3.50. The fourth-order valence-electron chi connectivity index (χ4n) is 2.32. The van der Waals surface area contributed by atoms with Crippen LogP contribution in [0.5, 0.6) is 0 Å². The van der Waals surface area contributed by atoms with E-state index in [1.54, 1.807) is 12.1 Å².